The standard InChI is InChI=1S/C46H55N9O10S3/c1-6-7-12-35-53-38-39(28-10-8-9-11-30(28)51-40(38)47)55(35)24-46(3,4)25-65-45(63)64-19-20-66-67-23-33(44(61)62)50-36(56)17-15-32(43(59)60)52-42(58)34-16-18-37(68-34)54(5)22-27-13-14-31-29(21-27)41(57)49-26(2)48-31/h8-11,13-14,16,18,21,32-33H,6-7,12,15,17,19-20,22-25H2,1-5H3,(H2,47,51)(H,50,56)(H,52,58)(H,59,60)(H,61,62)(H,48,49,57)/t32-,33?/m0/s1. The first kappa shape index (κ1) is 51.0. The molecule has 4 heterocycles. The Morgan fingerprint density at radius 1 is 0.971 bits per heavy atom. The summed E-state index contributed by atoms with van der Waals surface area (Å²) in [7, 11) is 4.21. The van der Waals surface area contributed by atoms with Crippen LogP contribution in [0.3, 0.4) is 0 Å². The van der Waals surface area contributed by atoms with Crippen molar-refractivity contribution in [2.75, 3.05) is 42.4 Å². The predicted molar refractivity (Wildman–Crippen MR) is 265 cm³/mol. The number of H-pyrrole nitrogens is 1. The van der Waals surface area contributed by atoms with E-state index in [-0.39, 0.29) is 42.2 Å². The first-order valence-electron chi connectivity index (χ1n) is 21.9. The molecule has 0 spiro atoms. The van der Waals surface area contributed by atoms with Gasteiger partial charge in [-0.25, -0.2) is 24.4 Å². The van der Waals surface area contributed by atoms with Gasteiger partial charge in [0.25, 0.3) is 11.5 Å². The van der Waals surface area contributed by atoms with Crippen molar-refractivity contribution in [1.82, 2.24) is 35.1 Å². The smallest absolute Gasteiger partial charge is 0.480 e. The molecule has 0 aliphatic heterocycles. The highest BCUT2D eigenvalue weighted by Crippen LogP contribution is 2.33. The van der Waals surface area contributed by atoms with E-state index in [1.807, 2.05) is 62.2 Å². The Labute approximate surface area is 403 Å². The molecule has 6 rings (SSSR count). The highest BCUT2D eigenvalue weighted by molar-refractivity contribution is 8.76. The van der Waals surface area contributed by atoms with Crippen molar-refractivity contribution >= 4 is 106 Å². The van der Waals surface area contributed by atoms with Crippen molar-refractivity contribution in [2.45, 2.75) is 85.0 Å². The SMILES string of the molecule is CCCCc1nc2c(N)nc3ccccc3c2n1CC(C)(C)COC(=O)OCCSSCC(NC(=O)CC[C@H](NC(=O)c1ccc(N(C)Cc2ccc3[nH]c(C)nc(=O)c3c2)s1)C(=O)O)C(=O)O. The molecule has 0 bridgehead atoms. The summed E-state index contributed by atoms with van der Waals surface area (Å²) in [4.78, 5) is 93.5. The zero-order chi connectivity index (χ0) is 49.1. The van der Waals surface area contributed by atoms with Gasteiger partial charge in [-0.2, -0.15) is 4.98 Å². The lowest BCUT2D eigenvalue weighted by atomic mass is 9.94. The molecule has 19 nitrogen and oxygen atoms in total. The molecule has 0 fully saturated rings. The lowest BCUT2D eigenvalue weighted by Crippen LogP contribution is -2.44. The van der Waals surface area contributed by atoms with Crippen LogP contribution in [0.5, 0.6) is 0 Å². The summed E-state index contributed by atoms with van der Waals surface area (Å²) in [5.41, 5.74) is 9.32. The summed E-state index contributed by atoms with van der Waals surface area (Å²) in [6, 6.07) is 13.8. The molecule has 362 valence electrons. The number of nitrogens with zero attached hydrogens (tertiary/aromatic N) is 5. The van der Waals surface area contributed by atoms with E-state index in [0.717, 1.165) is 69.2 Å². The number of ether oxygens (including phenoxy) is 2. The van der Waals surface area contributed by atoms with Gasteiger partial charge in [0.05, 0.1) is 31.8 Å². The number of aliphatic carboxylic acids is 2. The summed E-state index contributed by atoms with van der Waals surface area (Å²) >= 11 is 1.14. The number of pyridine rings is 1. The number of imidazole rings is 1. The highest BCUT2D eigenvalue weighted by Gasteiger charge is 2.28. The Balaban J connectivity index is 0.902. The fraction of sp³-hybridized carbons (Fsp3) is 0.413. The van der Waals surface area contributed by atoms with Crippen molar-refractivity contribution in [3.05, 3.63) is 87.0 Å². The molecule has 6 aromatic rings. The Morgan fingerprint density at radius 3 is 2.49 bits per heavy atom. The van der Waals surface area contributed by atoms with Crippen LogP contribution >= 0.6 is 32.9 Å². The molecule has 2 aromatic carbocycles. The summed E-state index contributed by atoms with van der Waals surface area (Å²) in [6.07, 6.45) is 1.18. The lowest BCUT2D eigenvalue weighted by Gasteiger charge is -2.26. The van der Waals surface area contributed by atoms with Crippen molar-refractivity contribution in [2.24, 2.45) is 5.41 Å². The zero-order valence-corrected chi connectivity index (χ0v) is 40.8. The number of nitrogen functional groups attached to an aromatic ring is 1. The van der Waals surface area contributed by atoms with Crippen molar-refractivity contribution in [3.63, 3.8) is 0 Å². The molecular formula is C46H55N9O10S3. The fourth-order valence-electron chi connectivity index (χ4n) is 7.33. The van der Waals surface area contributed by atoms with Crippen LogP contribution in [0.1, 0.15) is 73.3 Å². The molecule has 0 radical (unpaired) electrons. The van der Waals surface area contributed by atoms with E-state index in [4.69, 9.17) is 20.2 Å². The van der Waals surface area contributed by atoms with E-state index in [2.05, 4.69) is 37.1 Å². The number of unbranched alkanes of at least 4 members (excludes halogenated alkanes) is 1. The number of thiophene rings is 1. The number of fused-ring (bicyclic) bond motifs is 4. The molecule has 0 saturated heterocycles. The average Bonchev–Trinajstić information content (AvgIpc) is 3.93. The van der Waals surface area contributed by atoms with Gasteiger partial charge in [0.2, 0.25) is 5.91 Å². The van der Waals surface area contributed by atoms with Gasteiger partial charge < -0.3 is 50.5 Å². The Kier molecular flexibility index (Phi) is 17.3. The van der Waals surface area contributed by atoms with Gasteiger partial charge in [0, 0.05) is 55.3 Å². The molecule has 0 aliphatic carbocycles. The zero-order valence-electron chi connectivity index (χ0n) is 38.3. The van der Waals surface area contributed by atoms with E-state index in [1.54, 1.807) is 25.1 Å². The highest BCUT2D eigenvalue weighted by atomic mass is 33.1. The Hall–Kier alpha value is -6.39. The Bertz CT molecular complexity index is 2860. The average molecular weight is 990 g/mol. The van der Waals surface area contributed by atoms with Crippen molar-refractivity contribution < 1.29 is 43.7 Å². The van der Waals surface area contributed by atoms with Gasteiger partial charge in [-0.05, 0) is 55.7 Å². The fourth-order valence-corrected chi connectivity index (χ4v) is 10.2. The van der Waals surface area contributed by atoms with E-state index in [9.17, 15) is 39.0 Å². The number of aromatic amines is 1. The molecule has 2 amide bonds. The van der Waals surface area contributed by atoms with Crippen LogP contribution in [0.25, 0.3) is 32.8 Å². The quantitative estimate of drug-likeness (QED) is 0.0213. The van der Waals surface area contributed by atoms with Crippen LogP contribution in [-0.4, -0.2) is 108 Å². The molecule has 0 aliphatic rings. The summed E-state index contributed by atoms with van der Waals surface area (Å²) in [6.45, 7) is 8.75. The number of aromatic nitrogens is 5. The third-order valence-corrected chi connectivity index (χ3v) is 14.3. The number of hydrogen-bond acceptors (Lipinski definition) is 16. The molecule has 0 saturated carbocycles. The van der Waals surface area contributed by atoms with Crippen LogP contribution in [0.4, 0.5) is 15.6 Å². The lowest BCUT2D eigenvalue weighted by molar-refractivity contribution is -0.142. The summed E-state index contributed by atoms with van der Waals surface area (Å²) < 4.78 is 12.9. The molecule has 7 N–H and O–H groups in total. The maximum absolute atomic E-state index is 13.1. The number of carboxylic acids is 2. The number of carbonyl (C=O) groups excluding carboxylic acids is 3. The third-order valence-electron chi connectivity index (χ3n) is 10.7. The number of carbonyl (C=O) groups is 5. The van der Waals surface area contributed by atoms with Crippen LogP contribution in [-0.2, 0) is 43.4 Å². The van der Waals surface area contributed by atoms with Gasteiger partial charge in [0.1, 0.15) is 42.5 Å². The van der Waals surface area contributed by atoms with E-state index < -0.39 is 47.4 Å². The second-order valence-electron chi connectivity index (χ2n) is 16.9. The first-order valence-corrected chi connectivity index (χ1v) is 25.2. The van der Waals surface area contributed by atoms with Crippen molar-refractivity contribution in [1.29, 1.82) is 0 Å². The van der Waals surface area contributed by atoms with E-state index in [0.29, 0.717) is 51.9 Å². The number of rotatable bonds is 24. The van der Waals surface area contributed by atoms with Gasteiger partial charge in [-0.3, -0.25) is 14.4 Å². The van der Waals surface area contributed by atoms with Crippen molar-refractivity contribution in [3.8, 4) is 0 Å². The number of benzene rings is 2. The number of hydrogen-bond donors (Lipinski definition) is 6. The molecule has 22 heteroatoms. The van der Waals surface area contributed by atoms with E-state index >= 15 is 0 Å². The number of para-hydroxylation sites is 1. The van der Waals surface area contributed by atoms with E-state index in [1.165, 1.54) is 10.8 Å². The van der Waals surface area contributed by atoms with Crippen LogP contribution in [0, 0.1) is 12.3 Å². The minimum Gasteiger partial charge on any atom is -0.480 e. The van der Waals surface area contributed by atoms with Gasteiger partial charge in [-0.15, -0.1) is 11.3 Å². The molecule has 1 unspecified atom stereocenters. The number of carboxylic acid groups (broad SMARTS) is 2. The Morgan fingerprint density at radius 2 is 1.74 bits per heavy atom. The maximum Gasteiger partial charge on any atom is 0.508 e. The monoisotopic (exact) mass is 989 g/mol. The minimum atomic E-state index is -1.42. The molecule has 4 aromatic heterocycles. The first-order chi connectivity index (χ1) is 32.4. The predicted octanol–water partition coefficient (Wildman–Crippen LogP) is 6.55. The second-order valence-corrected chi connectivity index (χ2v) is 20.6. The number of anilines is 2. The van der Waals surface area contributed by atoms with Crippen LogP contribution < -0.4 is 26.8 Å². The number of nitrogens with one attached hydrogen (secondary N) is 3. The van der Waals surface area contributed by atoms with Crippen LogP contribution in [0.2, 0.25) is 0 Å². The number of aryl methyl sites for hydroxylation is 2. The number of amides is 2. The molecule has 68 heavy (non-hydrogen) atoms. The van der Waals surface area contributed by atoms with Gasteiger partial charge in [0.15, 0.2) is 5.82 Å². The molecule has 2 atom stereocenters. The minimum absolute atomic E-state index is 0.00907. The van der Waals surface area contributed by atoms with Gasteiger partial charge in [-0.1, -0.05) is 73.0 Å². The van der Waals surface area contributed by atoms with Crippen LogP contribution in [0.15, 0.2) is 59.4 Å². The maximum atomic E-state index is 13.1. The normalized spacial score (nSPS) is 12.5. The second kappa shape index (κ2) is 23.1. The summed E-state index contributed by atoms with van der Waals surface area (Å²) in [5.74, 6) is -1.96. The summed E-state index contributed by atoms with van der Waals surface area (Å²) in [5, 5.41) is 26.6. The third kappa shape index (κ3) is 13.4. The number of nitrogens with two attached hydrogens (primary N) is 1. The molecular weight excluding hydrogens is 935 g/mol. The largest absolute Gasteiger partial charge is 0.508 e. The topological polar surface area (TPSA) is 274 Å². The van der Waals surface area contributed by atoms with Gasteiger partial charge >= 0.3 is 18.1 Å².